The highest BCUT2D eigenvalue weighted by atomic mass is 16.3. The average Bonchev–Trinajstić information content (AvgIpc) is 2.86. The summed E-state index contributed by atoms with van der Waals surface area (Å²) in [5, 5.41) is 24.9. The van der Waals surface area contributed by atoms with E-state index >= 15 is 0 Å². The number of phenolic OH excluding ortho intramolecular Hbond substituents is 1. The number of hydrogen-bond donors (Lipinski definition) is 4. The second-order valence-corrected chi connectivity index (χ2v) is 11.2. The van der Waals surface area contributed by atoms with Crippen molar-refractivity contribution >= 4 is 40.8 Å². The Hall–Kier alpha value is -4.25. The molecule has 3 aliphatic carbocycles. The summed E-state index contributed by atoms with van der Waals surface area (Å²) in [7, 11) is 0. The molecule has 0 bridgehead atoms. The summed E-state index contributed by atoms with van der Waals surface area (Å²) in [5.74, 6) is -12.0. The van der Waals surface area contributed by atoms with Gasteiger partial charge in [0.2, 0.25) is 11.8 Å². The van der Waals surface area contributed by atoms with Crippen molar-refractivity contribution in [3.05, 3.63) is 41.6 Å². The number of carbonyl (C=O) groups is 6. The van der Waals surface area contributed by atoms with E-state index in [9.17, 15) is 39.0 Å². The molecule has 0 aliphatic heterocycles. The molecular weight excluding hydrogens is 518 g/mol. The van der Waals surface area contributed by atoms with Crippen molar-refractivity contribution in [2.45, 2.75) is 39.2 Å². The van der Waals surface area contributed by atoms with Crippen molar-refractivity contribution in [2.75, 3.05) is 5.32 Å². The maximum absolute atomic E-state index is 13.9. The van der Waals surface area contributed by atoms with Gasteiger partial charge in [0.15, 0.2) is 34.7 Å². The molecule has 11 heteroatoms. The minimum Gasteiger partial charge on any atom is -0.507 e. The molecule has 2 fully saturated rings. The number of nitrogens with one attached hydrogen (secondary N) is 1. The lowest BCUT2D eigenvalue weighted by atomic mass is 9.49. The van der Waals surface area contributed by atoms with E-state index in [-0.39, 0.29) is 30.1 Å². The zero-order valence-corrected chi connectivity index (χ0v) is 22.1. The predicted molar refractivity (Wildman–Crippen MR) is 140 cm³/mol. The average molecular weight is 548 g/mol. The van der Waals surface area contributed by atoms with E-state index in [2.05, 4.69) is 10.3 Å². The number of amides is 2. The molecule has 1 aromatic heterocycles. The fourth-order valence-electron chi connectivity index (χ4n) is 6.93. The molecule has 40 heavy (non-hydrogen) atoms. The smallest absolute Gasteiger partial charge is 0.235 e. The van der Waals surface area contributed by atoms with Crippen molar-refractivity contribution in [1.82, 2.24) is 4.98 Å². The van der Waals surface area contributed by atoms with Crippen LogP contribution in [0.15, 0.2) is 30.5 Å². The van der Waals surface area contributed by atoms with E-state index in [1.54, 1.807) is 32.0 Å². The van der Waals surface area contributed by atoms with Gasteiger partial charge in [0.25, 0.3) is 0 Å². The summed E-state index contributed by atoms with van der Waals surface area (Å²) < 4.78 is 0. The molecule has 0 saturated heterocycles. The van der Waals surface area contributed by atoms with Crippen LogP contribution in [0.3, 0.4) is 0 Å². The Kier molecular flexibility index (Phi) is 6.45. The number of Topliss-reactive ketones (excluding diaryl/α,β-unsaturated/α-hetero) is 4. The SMILES string of the molecule is CC(=O)Nc1ccc(-c2ccc(O)c3c2C[C@H]2C[C@H]4[C@H](C(C)C)C(=O)C(C(N)=O)C(=O)[C@@]4(O)C(=O)C2C3=O)cn1. The van der Waals surface area contributed by atoms with Crippen LogP contribution >= 0.6 is 0 Å². The van der Waals surface area contributed by atoms with Crippen LogP contribution in [0.25, 0.3) is 11.1 Å². The lowest BCUT2D eigenvalue weighted by Gasteiger charge is -2.52. The summed E-state index contributed by atoms with van der Waals surface area (Å²) >= 11 is 0. The zero-order chi connectivity index (χ0) is 29.3. The topological polar surface area (TPSA) is 194 Å². The normalized spacial score (nSPS) is 29.5. The summed E-state index contributed by atoms with van der Waals surface area (Å²) in [6, 6.07) is 6.24. The fraction of sp³-hybridized carbons (Fsp3) is 0.414. The van der Waals surface area contributed by atoms with Crippen LogP contribution in [-0.2, 0) is 30.4 Å². The second-order valence-electron chi connectivity index (χ2n) is 11.2. The van der Waals surface area contributed by atoms with Crippen LogP contribution in [-0.4, -0.2) is 55.7 Å². The molecule has 5 rings (SSSR count). The Morgan fingerprint density at radius 2 is 1.80 bits per heavy atom. The van der Waals surface area contributed by atoms with Gasteiger partial charge in [-0.15, -0.1) is 0 Å². The molecule has 6 atom stereocenters. The number of nitrogens with zero attached hydrogens (tertiary/aromatic N) is 1. The van der Waals surface area contributed by atoms with E-state index in [1.165, 1.54) is 19.2 Å². The van der Waals surface area contributed by atoms with E-state index in [4.69, 9.17) is 5.73 Å². The maximum atomic E-state index is 13.9. The lowest BCUT2D eigenvalue weighted by Crippen LogP contribution is -2.71. The van der Waals surface area contributed by atoms with E-state index in [0.29, 0.717) is 22.5 Å². The van der Waals surface area contributed by atoms with Crippen LogP contribution < -0.4 is 11.1 Å². The number of anilines is 1. The highest BCUT2D eigenvalue weighted by Gasteiger charge is 2.69. The first-order chi connectivity index (χ1) is 18.8. The standard InChI is InChI=1S/C29H29N3O8/c1-11(2)20-17-9-14-8-16-15(13-4-7-19(31-10-13)32-12(3)33)5-6-18(34)22(16)25(36)21(14)26(37)29(17,40)27(38)23(24(20)35)28(30)39/h4-7,10-11,14,17,20-21,23,34,40H,8-9H2,1-3H3,(H2,30,39)(H,31,32,33)/t14-,17-,20-,21?,23?,29-/m0/s1. The minimum absolute atomic E-state index is 0.00128. The van der Waals surface area contributed by atoms with Gasteiger partial charge in [0, 0.05) is 30.5 Å². The Bertz CT molecular complexity index is 1500. The number of ketones is 4. The van der Waals surface area contributed by atoms with Crippen molar-refractivity contribution < 1.29 is 39.0 Å². The number of aromatic nitrogens is 1. The van der Waals surface area contributed by atoms with Crippen LogP contribution in [0.4, 0.5) is 5.82 Å². The van der Waals surface area contributed by atoms with E-state index in [1.807, 2.05) is 0 Å². The number of fused-ring (bicyclic) bond motifs is 3. The zero-order valence-electron chi connectivity index (χ0n) is 22.1. The van der Waals surface area contributed by atoms with Crippen molar-refractivity contribution in [2.24, 2.45) is 41.2 Å². The van der Waals surface area contributed by atoms with Gasteiger partial charge < -0.3 is 21.3 Å². The van der Waals surface area contributed by atoms with Gasteiger partial charge in [-0.3, -0.25) is 28.8 Å². The minimum atomic E-state index is -2.73. The Labute approximate surface area is 229 Å². The molecule has 0 spiro atoms. The monoisotopic (exact) mass is 547 g/mol. The number of hydrogen-bond acceptors (Lipinski definition) is 9. The van der Waals surface area contributed by atoms with Crippen LogP contribution in [0.1, 0.15) is 43.1 Å². The van der Waals surface area contributed by atoms with Crippen molar-refractivity contribution in [1.29, 1.82) is 0 Å². The molecule has 0 radical (unpaired) electrons. The first kappa shape index (κ1) is 27.3. The molecular formula is C29H29N3O8. The number of benzene rings is 1. The predicted octanol–water partition coefficient (Wildman–Crippen LogP) is 1.23. The first-order valence-electron chi connectivity index (χ1n) is 13.1. The van der Waals surface area contributed by atoms with E-state index < -0.39 is 70.1 Å². The number of rotatable bonds is 4. The number of aromatic hydroxyl groups is 1. The largest absolute Gasteiger partial charge is 0.507 e. The summed E-state index contributed by atoms with van der Waals surface area (Å²) in [6.07, 6.45) is 1.66. The number of pyridine rings is 1. The lowest BCUT2D eigenvalue weighted by molar-refractivity contribution is -0.182. The van der Waals surface area contributed by atoms with E-state index in [0.717, 1.165) is 0 Å². The number of nitrogens with two attached hydrogens (primary N) is 1. The van der Waals surface area contributed by atoms with Gasteiger partial charge in [-0.2, -0.15) is 0 Å². The summed E-state index contributed by atoms with van der Waals surface area (Å²) in [4.78, 5) is 82.0. The molecule has 2 amide bonds. The number of phenols is 1. The van der Waals surface area contributed by atoms with Gasteiger partial charge in [-0.25, -0.2) is 4.98 Å². The molecule has 2 unspecified atom stereocenters. The Balaban J connectivity index is 1.61. The molecule has 1 aromatic carbocycles. The Morgan fingerprint density at radius 3 is 2.38 bits per heavy atom. The molecule has 5 N–H and O–H groups in total. The van der Waals surface area contributed by atoms with Crippen LogP contribution in [0, 0.1) is 35.5 Å². The van der Waals surface area contributed by atoms with Crippen molar-refractivity contribution in [3.8, 4) is 16.9 Å². The highest BCUT2D eigenvalue weighted by molar-refractivity contribution is 6.32. The van der Waals surface area contributed by atoms with Gasteiger partial charge in [-0.05, 0) is 54.0 Å². The number of primary amides is 1. The van der Waals surface area contributed by atoms with Gasteiger partial charge >= 0.3 is 0 Å². The molecule has 2 aromatic rings. The molecule has 11 nitrogen and oxygen atoms in total. The van der Waals surface area contributed by atoms with Crippen molar-refractivity contribution in [3.63, 3.8) is 0 Å². The first-order valence-corrected chi connectivity index (χ1v) is 13.1. The highest BCUT2D eigenvalue weighted by Crippen LogP contribution is 2.53. The summed E-state index contributed by atoms with van der Waals surface area (Å²) in [6.45, 7) is 4.75. The maximum Gasteiger partial charge on any atom is 0.235 e. The number of aliphatic hydroxyl groups is 1. The third-order valence-electron chi connectivity index (χ3n) is 8.57. The molecule has 3 aliphatic rings. The Morgan fingerprint density at radius 1 is 1.10 bits per heavy atom. The molecule has 208 valence electrons. The van der Waals surface area contributed by atoms with Gasteiger partial charge in [-0.1, -0.05) is 19.9 Å². The summed E-state index contributed by atoms with van der Waals surface area (Å²) in [5.41, 5.74) is 4.19. The molecule has 1 heterocycles. The second kappa shape index (κ2) is 9.44. The number of carbonyl (C=O) groups excluding carboxylic acids is 6. The van der Waals surface area contributed by atoms with Crippen LogP contribution in [0.5, 0.6) is 5.75 Å². The third-order valence-corrected chi connectivity index (χ3v) is 8.57. The molecule has 2 saturated carbocycles. The third kappa shape index (κ3) is 3.87. The quantitative estimate of drug-likeness (QED) is 0.407. The van der Waals surface area contributed by atoms with Gasteiger partial charge in [0.05, 0.1) is 11.5 Å². The fourth-order valence-corrected chi connectivity index (χ4v) is 6.93. The van der Waals surface area contributed by atoms with Gasteiger partial charge in [0.1, 0.15) is 11.6 Å². The van der Waals surface area contributed by atoms with Crippen LogP contribution in [0.2, 0.25) is 0 Å².